The Morgan fingerprint density at radius 2 is 1.77 bits per heavy atom. The van der Waals surface area contributed by atoms with Gasteiger partial charge in [-0.05, 0) is 6.07 Å². The van der Waals surface area contributed by atoms with Crippen molar-refractivity contribution in [2.75, 3.05) is 0 Å². The molecule has 0 aliphatic carbocycles. The SMILES string of the molecule is Clc1nnc(Cl)c2c(Br)cccc12. The van der Waals surface area contributed by atoms with Crippen LogP contribution in [0.25, 0.3) is 10.8 Å². The maximum Gasteiger partial charge on any atom is 0.160 e. The molecular formula is C8H3BrCl2N2. The van der Waals surface area contributed by atoms with Crippen molar-refractivity contribution in [2.45, 2.75) is 0 Å². The third-order valence-corrected chi connectivity index (χ3v) is 2.87. The molecule has 2 aromatic rings. The van der Waals surface area contributed by atoms with Crippen LogP contribution in [0.5, 0.6) is 0 Å². The molecule has 0 fully saturated rings. The fourth-order valence-corrected chi connectivity index (χ4v) is 2.20. The molecular weight excluding hydrogens is 275 g/mol. The summed E-state index contributed by atoms with van der Waals surface area (Å²) in [6, 6.07) is 5.60. The molecule has 0 bridgehead atoms. The van der Waals surface area contributed by atoms with Crippen molar-refractivity contribution in [1.29, 1.82) is 0 Å². The van der Waals surface area contributed by atoms with Crippen LogP contribution in [0.1, 0.15) is 0 Å². The summed E-state index contributed by atoms with van der Waals surface area (Å²) in [5, 5.41) is 9.74. The fraction of sp³-hybridized carbons (Fsp3) is 0. The molecule has 0 amide bonds. The zero-order valence-corrected chi connectivity index (χ0v) is 9.36. The Labute approximate surface area is 93.0 Å². The molecule has 0 N–H and O–H groups in total. The summed E-state index contributed by atoms with van der Waals surface area (Å²) in [7, 11) is 0. The second kappa shape index (κ2) is 3.40. The molecule has 2 rings (SSSR count). The molecule has 1 aromatic carbocycles. The molecule has 2 nitrogen and oxygen atoms in total. The molecule has 0 radical (unpaired) electrons. The maximum atomic E-state index is 5.87. The average molecular weight is 278 g/mol. The van der Waals surface area contributed by atoms with Gasteiger partial charge in [0.1, 0.15) is 0 Å². The van der Waals surface area contributed by atoms with Gasteiger partial charge in [-0.15, -0.1) is 10.2 Å². The van der Waals surface area contributed by atoms with E-state index in [0.29, 0.717) is 10.3 Å². The topological polar surface area (TPSA) is 25.8 Å². The summed E-state index contributed by atoms with van der Waals surface area (Å²) in [6.45, 7) is 0. The van der Waals surface area contributed by atoms with E-state index >= 15 is 0 Å². The Balaban J connectivity index is 3.00. The van der Waals surface area contributed by atoms with Gasteiger partial charge in [-0.1, -0.05) is 51.3 Å². The highest BCUT2D eigenvalue weighted by atomic mass is 79.9. The van der Waals surface area contributed by atoms with E-state index in [0.717, 1.165) is 15.2 Å². The number of hydrogen-bond acceptors (Lipinski definition) is 2. The van der Waals surface area contributed by atoms with Gasteiger partial charge < -0.3 is 0 Å². The van der Waals surface area contributed by atoms with Crippen LogP contribution >= 0.6 is 39.1 Å². The fourth-order valence-electron chi connectivity index (χ4n) is 1.10. The molecule has 0 unspecified atom stereocenters. The van der Waals surface area contributed by atoms with E-state index in [1.807, 2.05) is 18.2 Å². The minimum atomic E-state index is 0.354. The van der Waals surface area contributed by atoms with Crippen molar-refractivity contribution in [3.8, 4) is 0 Å². The molecule has 1 heterocycles. The van der Waals surface area contributed by atoms with E-state index in [-0.39, 0.29) is 0 Å². The van der Waals surface area contributed by atoms with Crippen LogP contribution in [-0.4, -0.2) is 10.2 Å². The van der Waals surface area contributed by atoms with Crippen molar-refractivity contribution >= 4 is 49.9 Å². The van der Waals surface area contributed by atoms with E-state index in [1.54, 1.807) is 0 Å². The smallest absolute Gasteiger partial charge is 0.136 e. The number of rotatable bonds is 0. The highest BCUT2D eigenvalue weighted by Crippen LogP contribution is 2.31. The largest absolute Gasteiger partial charge is 0.160 e. The molecule has 0 aliphatic rings. The first-order chi connectivity index (χ1) is 6.20. The highest BCUT2D eigenvalue weighted by Gasteiger charge is 2.08. The predicted octanol–water partition coefficient (Wildman–Crippen LogP) is 3.70. The highest BCUT2D eigenvalue weighted by molar-refractivity contribution is 9.10. The van der Waals surface area contributed by atoms with Crippen molar-refractivity contribution in [3.63, 3.8) is 0 Å². The molecule has 0 saturated carbocycles. The Morgan fingerprint density at radius 3 is 2.46 bits per heavy atom. The second-order valence-corrected chi connectivity index (χ2v) is 4.01. The van der Waals surface area contributed by atoms with Gasteiger partial charge >= 0.3 is 0 Å². The summed E-state index contributed by atoms with van der Waals surface area (Å²) in [5.74, 6) is 0. The van der Waals surface area contributed by atoms with Gasteiger partial charge in [-0.25, -0.2) is 0 Å². The monoisotopic (exact) mass is 276 g/mol. The van der Waals surface area contributed by atoms with Crippen LogP contribution in [0.3, 0.4) is 0 Å². The van der Waals surface area contributed by atoms with Crippen LogP contribution in [0.4, 0.5) is 0 Å². The van der Waals surface area contributed by atoms with Crippen LogP contribution in [0.15, 0.2) is 22.7 Å². The molecule has 5 heteroatoms. The van der Waals surface area contributed by atoms with Crippen molar-refractivity contribution in [1.82, 2.24) is 10.2 Å². The van der Waals surface area contributed by atoms with Gasteiger partial charge in [0.2, 0.25) is 0 Å². The van der Waals surface area contributed by atoms with Crippen LogP contribution in [0.2, 0.25) is 10.3 Å². The predicted molar refractivity (Wildman–Crippen MR) is 57.3 cm³/mol. The van der Waals surface area contributed by atoms with E-state index in [2.05, 4.69) is 26.1 Å². The molecule has 66 valence electrons. The number of benzene rings is 1. The average Bonchev–Trinajstić information content (AvgIpc) is 2.12. The summed E-state index contributed by atoms with van der Waals surface area (Å²) < 4.78 is 0.867. The minimum Gasteiger partial charge on any atom is -0.136 e. The van der Waals surface area contributed by atoms with Crippen molar-refractivity contribution in [2.24, 2.45) is 0 Å². The van der Waals surface area contributed by atoms with Gasteiger partial charge in [0.25, 0.3) is 0 Å². The van der Waals surface area contributed by atoms with E-state index in [9.17, 15) is 0 Å². The Hall–Kier alpha value is -0.380. The number of hydrogen-bond donors (Lipinski definition) is 0. The lowest BCUT2D eigenvalue weighted by molar-refractivity contribution is 1.05. The van der Waals surface area contributed by atoms with E-state index in [4.69, 9.17) is 23.2 Å². The number of halogens is 3. The van der Waals surface area contributed by atoms with Crippen LogP contribution < -0.4 is 0 Å². The summed E-state index contributed by atoms with van der Waals surface area (Å²) in [6.07, 6.45) is 0. The Kier molecular flexibility index (Phi) is 2.41. The number of aromatic nitrogens is 2. The summed E-state index contributed by atoms with van der Waals surface area (Å²) in [5.41, 5.74) is 0. The lowest BCUT2D eigenvalue weighted by Gasteiger charge is -2.01. The third-order valence-electron chi connectivity index (χ3n) is 1.67. The van der Waals surface area contributed by atoms with Crippen molar-refractivity contribution in [3.05, 3.63) is 33.0 Å². The van der Waals surface area contributed by atoms with Gasteiger partial charge in [0, 0.05) is 15.2 Å². The maximum absolute atomic E-state index is 5.87. The minimum absolute atomic E-state index is 0.354. The summed E-state index contributed by atoms with van der Waals surface area (Å²) in [4.78, 5) is 0. The van der Waals surface area contributed by atoms with Gasteiger partial charge in [0.15, 0.2) is 10.3 Å². The number of fused-ring (bicyclic) bond motifs is 1. The first-order valence-corrected chi connectivity index (χ1v) is 5.01. The van der Waals surface area contributed by atoms with Gasteiger partial charge in [0.05, 0.1) is 0 Å². The molecule has 0 spiro atoms. The quantitative estimate of drug-likeness (QED) is 0.734. The van der Waals surface area contributed by atoms with E-state index < -0.39 is 0 Å². The second-order valence-electron chi connectivity index (χ2n) is 2.44. The molecule has 0 saturated heterocycles. The molecule has 1 aromatic heterocycles. The first kappa shape index (κ1) is 9.19. The van der Waals surface area contributed by atoms with Crippen LogP contribution in [0, 0.1) is 0 Å². The van der Waals surface area contributed by atoms with Gasteiger partial charge in [-0.2, -0.15) is 0 Å². The number of nitrogens with zero attached hydrogens (tertiary/aromatic N) is 2. The Morgan fingerprint density at radius 1 is 1.08 bits per heavy atom. The zero-order chi connectivity index (χ0) is 9.42. The van der Waals surface area contributed by atoms with Crippen LogP contribution in [-0.2, 0) is 0 Å². The van der Waals surface area contributed by atoms with Crippen molar-refractivity contribution < 1.29 is 0 Å². The zero-order valence-electron chi connectivity index (χ0n) is 6.26. The standard InChI is InChI=1S/C8H3BrCl2N2/c9-5-3-1-2-4-6(5)8(11)13-12-7(4)10/h1-3H. The Bertz CT molecular complexity index is 465. The third kappa shape index (κ3) is 1.52. The lowest BCUT2D eigenvalue weighted by Crippen LogP contribution is -1.87. The molecule has 0 atom stereocenters. The van der Waals surface area contributed by atoms with Gasteiger partial charge in [-0.3, -0.25) is 0 Å². The molecule has 0 aliphatic heterocycles. The molecule has 13 heavy (non-hydrogen) atoms. The lowest BCUT2D eigenvalue weighted by atomic mass is 10.2. The van der Waals surface area contributed by atoms with E-state index in [1.165, 1.54) is 0 Å². The normalized spacial score (nSPS) is 10.7. The summed E-state index contributed by atoms with van der Waals surface area (Å²) >= 11 is 15.1. The first-order valence-electron chi connectivity index (χ1n) is 3.46.